The predicted octanol–water partition coefficient (Wildman–Crippen LogP) is 3.41. The fourth-order valence-electron chi connectivity index (χ4n) is 3.30. The molecule has 0 aromatic carbocycles. The summed E-state index contributed by atoms with van der Waals surface area (Å²) < 4.78 is 5.21. The summed E-state index contributed by atoms with van der Waals surface area (Å²) in [5, 5.41) is 9.34. The number of aromatic nitrogens is 1. The molecule has 23 heavy (non-hydrogen) atoms. The Bertz CT molecular complexity index is 538. The molecule has 0 aliphatic heterocycles. The van der Waals surface area contributed by atoms with Crippen LogP contribution in [0.4, 0.5) is 4.79 Å². The number of carbonyl (C=O) groups is 1. The lowest BCUT2D eigenvalue weighted by molar-refractivity contribution is 0.0710. The van der Waals surface area contributed by atoms with Gasteiger partial charge in [0.15, 0.2) is 0 Å². The Hall–Kier alpha value is -1.14. The average molecular weight is 337 g/mol. The van der Waals surface area contributed by atoms with Crippen LogP contribution in [0.5, 0.6) is 0 Å². The summed E-state index contributed by atoms with van der Waals surface area (Å²) in [5.74, 6) is 0.553. The van der Waals surface area contributed by atoms with Crippen molar-refractivity contribution in [3.05, 3.63) is 16.1 Å². The Balaban J connectivity index is 1.51. The van der Waals surface area contributed by atoms with Gasteiger partial charge < -0.3 is 15.4 Å². The van der Waals surface area contributed by atoms with E-state index in [1.54, 1.807) is 18.4 Å². The third kappa shape index (κ3) is 4.23. The van der Waals surface area contributed by atoms with Gasteiger partial charge in [0, 0.05) is 31.3 Å². The fraction of sp³-hybridized carbons (Fsp3) is 0.765. The SMILES string of the molecule is COCCC1(CNC(=O)N[C@@H](c2nc(C)cs2)C2CC2)CCC1. The number of carbonyl (C=O) groups excluding carboxylic acids is 1. The largest absolute Gasteiger partial charge is 0.385 e. The zero-order valence-corrected chi connectivity index (χ0v) is 14.9. The molecule has 1 heterocycles. The number of nitrogens with one attached hydrogen (secondary N) is 2. The Kier molecular flexibility index (Phi) is 5.21. The van der Waals surface area contributed by atoms with E-state index in [1.807, 2.05) is 6.92 Å². The molecule has 6 heteroatoms. The number of hydrogen-bond donors (Lipinski definition) is 2. The first kappa shape index (κ1) is 16.7. The highest BCUT2D eigenvalue weighted by atomic mass is 32.1. The molecular formula is C17H27N3O2S. The van der Waals surface area contributed by atoms with Gasteiger partial charge in [0.25, 0.3) is 0 Å². The van der Waals surface area contributed by atoms with Crippen LogP contribution in [-0.2, 0) is 4.74 Å². The van der Waals surface area contributed by atoms with Gasteiger partial charge in [-0.2, -0.15) is 0 Å². The van der Waals surface area contributed by atoms with Crippen molar-refractivity contribution >= 4 is 17.4 Å². The number of nitrogens with zero attached hydrogens (tertiary/aromatic N) is 1. The van der Waals surface area contributed by atoms with Crippen LogP contribution in [0.15, 0.2) is 5.38 Å². The third-order valence-corrected chi connectivity index (χ3v) is 6.20. The predicted molar refractivity (Wildman–Crippen MR) is 91.6 cm³/mol. The maximum Gasteiger partial charge on any atom is 0.315 e. The molecule has 128 valence electrons. The summed E-state index contributed by atoms with van der Waals surface area (Å²) in [6.07, 6.45) is 7.03. The van der Waals surface area contributed by atoms with Crippen molar-refractivity contribution in [1.29, 1.82) is 0 Å². The molecule has 2 aliphatic rings. The summed E-state index contributed by atoms with van der Waals surface area (Å²) in [7, 11) is 1.74. The van der Waals surface area contributed by atoms with E-state index in [0.717, 1.165) is 30.3 Å². The normalized spacial score (nSPS) is 20.6. The topological polar surface area (TPSA) is 63.2 Å². The van der Waals surface area contributed by atoms with Crippen LogP contribution in [0, 0.1) is 18.3 Å². The summed E-state index contributed by atoms with van der Waals surface area (Å²) in [4.78, 5) is 16.9. The maximum atomic E-state index is 12.3. The van der Waals surface area contributed by atoms with E-state index in [2.05, 4.69) is 21.0 Å². The minimum atomic E-state index is -0.0570. The van der Waals surface area contributed by atoms with Crippen LogP contribution in [0.3, 0.4) is 0 Å². The summed E-state index contributed by atoms with van der Waals surface area (Å²) in [5.41, 5.74) is 1.28. The van der Waals surface area contributed by atoms with Gasteiger partial charge in [0.1, 0.15) is 5.01 Å². The number of thiazole rings is 1. The molecule has 1 atom stereocenters. The van der Waals surface area contributed by atoms with Gasteiger partial charge in [0.2, 0.25) is 0 Å². The number of rotatable bonds is 8. The molecule has 0 spiro atoms. The Morgan fingerprint density at radius 1 is 1.52 bits per heavy atom. The molecule has 2 aliphatic carbocycles. The second-order valence-electron chi connectivity index (χ2n) is 7.07. The zero-order valence-electron chi connectivity index (χ0n) is 14.1. The first-order chi connectivity index (χ1) is 11.1. The fourth-order valence-corrected chi connectivity index (χ4v) is 4.24. The van der Waals surface area contributed by atoms with Crippen molar-refractivity contribution in [3.63, 3.8) is 0 Å². The van der Waals surface area contributed by atoms with Gasteiger partial charge in [-0.25, -0.2) is 9.78 Å². The van der Waals surface area contributed by atoms with Crippen LogP contribution in [0.25, 0.3) is 0 Å². The van der Waals surface area contributed by atoms with Gasteiger partial charge in [-0.1, -0.05) is 6.42 Å². The van der Waals surface area contributed by atoms with Gasteiger partial charge in [0.05, 0.1) is 6.04 Å². The number of aryl methyl sites for hydroxylation is 1. The Labute approximate surface area is 142 Å². The van der Waals surface area contributed by atoms with Gasteiger partial charge in [-0.15, -0.1) is 11.3 Å². The van der Waals surface area contributed by atoms with Crippen LogP contribution in [-0.4, -0.2) is 31.3 Å². The average Bonchev–Trinajstić information content (AvgIpc) is 3.25. The van der Waals surface area contributed by atoms with Crippen LogP contribution in [0.1, 0.15) is 55.3 Å². The Morgan fingerprint density at radius 3 is 2.83 bits per heavy atom. The molecule has 2 amide bonds. The summed E-state index contributed by atoms with van der Waals surface area (Å²) >= 11 is 1.65. The highest BCUT2D eigenvalue weighted by Crippen LogP contribution is 2.44. The summed E-state index contributed by atoms with van der Waals surface area (Å²) in [6, 6.07) is 0.0171. The van der Waals surface area contributed by atoms with E-state index in [-0.39, 0.29) is 17.5 Å². The highest BCUT2D eigenvalue weighted by Gasteiger charge is 2.38. The van der Waals surface area contributed by atoms with E-state index in [0.29, 0.717) is 5.92 Å². The van der Waals surface area contributed by atoms with Crippen LogP contribution >= 0.6 is 11.3 Å². The van der Waals surface area contributed by atoms with Crippen molar-refractivity contribution in [2.75, 3.05) is 20.3 Å². The minimum absolute atomic E-state index is 0.0570. The number of amides is 2. The smallest absolute Gasteiger partial charge is 0.315 e. The van der Waals surface area contributed by atoms with Crippen molar-refractivity contribution < 1.29 is 9.53 Å². The van der Waals surface area contributed by atoms with Crippen molar-refractivity contribution in [3.8, 4) is 0 Å². The number of hydrogen-bond acceptors (Lipinski definition) is 4. The van der Waals surface area contributed by atoms with Crippen LogP contribution in [0.2, 0.25) is 0 Å². The lowest BCUT2D eigenvalue weighted by Gasteiger charge is -2.42. The van der Waals surface area contributed by atoms with Gasteiger partial charge >= 0.3 is 6.03 Å². The van der Waals surface area contributed by atoms with Crippen molar-refractivity contribution in [2.24, 2.45) is 11.3 Å². The molecule has 0 radical (unpaired) electrons. The molecule has 1 aromatic rings. The second-order valence-corrected chi connectivity index (χ2v) is 7.96. The van der Waals surface area contributed by atoms with Crippen molar-refractivity contribution in [2.45, 2.75) is 51.5 Å². The lowest BCUT2D eigenvalue weighted by Crippen LogP contribution is -2.47. The number of methoxy groups -OCH3 is 1. The van der Waals surface area contributed by atoms with E-state index < -0.39 is 0 Å². The molecule has 2 fully saturated rings. The molecule has 0 saturated heterocycles. The Morgan fingerprint density at radius 2 is 2.30 bits per heavy atom. The lowest BCUT2D eigenvalue weighted by atomic mass is 9.67. The van der Waals surface area contributed by atoms with Gasteiger partial charge in [-0.3, -0.25) is 0 Å². The zero-order chi connectivity index (χ0) is 16.3. The molecular weight excluding hydrogens is 310 g/mol. The maximum absolute atomic E-state index is 12.3. The number of ether oxygens (including phenoxy) is 1. The molecule has 0 unspecified atom stereocenters. The van der Waals surface area contributed by atoms with E-state index in [9.17, 15) is 4.79 Å². The van der Waals surface area contributed by atoms with E-state index in [4.69, 9.17) is 4.74 Å². The van der Waals surface area contributed by atoms with E-state index >= 15 is 0 Å². The first-order valence-electron chi connectivity index (χ1n) is 8.57. The molecule has 2 N–H and O–H groups in total. The quantitative estimate of drug-likeness (QED) is 0.764. The van der Waals surface area contributed by atoms with E-state index in [1.165, 1.54) is 32.1 Å². The third-order valence-electron chi connectivity index (χ3n) is 5.16. The molecule has 3 rings (SSSR count). The summed E-state index contributed by atoms with van der Waals surface area (Å²) in [6.45, 7) is 3.52. The standard InChI is InChI=1S/C17H27N3O2S/c1-12-10-23-15(19-12)14(13-4-5-13)20-16(21)18-11-17(6-3-7-17)8-9-22-2/h10,13-14H,3-9,11H2,1-2H3,(H2,18,20,21)/t14-/m1/s1. The van der Waals surface area contributed by atoms with Crippen LogP contribution < -0.4 is 10.6 Å². The molecule has 1 aromatic heterocycles. The molecule has 5 nitrogen and oxygen atoms in total. The second kappa shape index (κ2) is 7.18. The molecule has 0 bridgehead atoms. The number of urea groups is 1. The van der Waals surface area contributed by atoms with Crippen molar-refractivity contribution in [1.82, 2.24) is 15.6 Å². The monoisotopic (exact) mass is 337 g/mol. The van der Waals surface area contributed by atoms with Gasteiger partial charge in [-0.05, 0) is 50.4 Å². The molecule has 2 saturated carbocycles. The highest BCUT2D eigenvalue weighted by molar-refractivity contribution is 7.09. The minimum Gasteiger partial charge on any atom is -0.385 e. The first-order valence-corrected chi connectivity index (χ1v) is 9.45.